The molecule has 4 rings (SSSR count). The highest BCUT2D eigenvalue weighted by Crippen LogP contribution is 2.11. The lowest BCUT2D eigenvalue weighted by atomic mass is 10.2. The number of aryl methyl sites for hydroxylation is 1. The molecule has 1 aromatic carbocycles. The molecule has 0 bridgehead atoms. The van der Waals surface area contributed by atoms with Crippen molar-refractivity contribution in [3.63, 3.8) is 0 Å². The van der Waals surface area contributed by atoms with Gasteiger partial charge in [0.05, 0.1) is 16.5 Å². The molecule has 4 aromatic rings. The summed E-state index contributed by atoms with van der Waals surface area (Å²) in [5, 5.41) is 0.197. The fraction of sp³-hybridized carbons (Fsp3) is 0.118. The molecule has 0 atom stereocenters. The Bertz CT molecular complexity index is 1420. The monoisotopic (exact) mass is 351 g/mol. The van der Waals surface area contributed by atoms with Gasteiger partial charge in [-0.2, -0.15) is 0 Å². The van der Waals surface area contributed by atoms with E-state index in [-0.39, 0.29) is 22.1 Å². The maximum atomic E-state index is 12.9. The van der Waals surface area contributed by atoms with E-state index < -0.39 is 22.5 Å². The minimum atomic E-state index is -0.658. The van der Waals surface area contributed by atoms with Gasteiger partial charge in [-0.3, -0.25) is 23.7 Å². The van der Waals surface area contributed by atoms with Crippen LogP contribution in [0.4, 0.5) is 0 Å². The largest absolute Gasteiger partial charge is 0.334 e. The van der Waals surface area contributed by atoms with Gasteiger partial charge in [-0.15, -0.1) is 0 Å². The first-order valence-electron chi connectivity index (χ1n) is 7.71. The third-order valence-electron chi connectivity index (χ3n) is 4.31. The smallest absolute Gasteiger partial charge is 0.291 e. The highest BCUT2D eigenvalue weighted by atomic mass is 16.2. The fourth-order valence-corrected chi connectivity index (χ4v) is 2.94. The van der Waals surface area contributed by atoms with Gasteiger partial charge in [0.2, 0.25) is 0 Å². The lowest BCUT2D eigenvalue weighted by Gasteiger charge is -2.09. The van der Waals surface area contributed by atoms with E-state index in [0.717, 1.165) is 9.13 Å². The van der Waals surface area contributed by atoms with E-state index in [1.807, 2.05) is 0 Å². The van der Waals surface area contributed by atoms with Crippen LogP contribution in [0.25, 0.3) is 27.8 Å². The quantitative estimate of drug-likeness (QED) is 0.470. The second kappa shape index (κ2) is 5.38. The summed E-state index contributed by atoms with van der Waals surface area (Å²) in [6, 6.07) is 9.78. The molecule has 3 heterocycles. The van der Waals surface area contributed by atoms with Gasteiger partial charge in [-0.05, 0) is 18.2 Å². The van der Waals surface area contributed by atoms with Crippen LogP contribution in [0.5, 0.6) is 0 Å². The van der Waals surface area contributed by atoms with Crippen molar-refractivity contribution in [2.24, 2.45) is 14.1 Å². The first-order valence-corrected chi connectivity index (χ1v) is 7.71. The Kier molecular flexibility index (Phi) is 3.26. The van der Waals surface area contributed by atoms with Crippen LogP contribution in [0.15, 0.2) is 55.6 Å². The number of nitrogens with one attached hydrogen (secondary N) is 1. The summed E-state index contributed by atoms with van der Waals surface area (Å²) >= 11 is 0. The minimum Gasteiger partial charge on any atom is -0.291 e. The summed E-state index contributed by atoms with van der Waals surface area (Å²) in [6.45, 7) is 0. The molecule has 0 saturated heterocycles. The van der Waals surface area contributed by atoms with Crippen molar-refractivity contribution in [3.8, 4) is 5.69 Å². The molecule has 0 aliphatic heterocycles. The van der Waals surface area contributed by atoms with E-state index in [4.69, 9.17) is 0 Å². The van der Waals surface area contributed by atoms with Gasteiger partial charge in [-0.1, -0.05) is 18.2 Å². The zero-order valence-corrected chi connectivity index (χ0v) is 13.9. The van der Waals surface area contributed by atoms with Crippen molar-refractivity contribution >= 4 is 22.1 Å². The number of rotatable bonds is 1. The SMILES string of the molecule is Cn1c(=O)c2cc3c(=O)n(-c4ccccc4)c(=O)[nH]c3nc2n(C)c1=O. The Morgan fingerprint density at radius 3 is 2.27 bits per heavy atom. The molecule has 0 spiro atoms. The van der Waals surface area contributed by atoms with Crippen LogP contribution < -0.4 is 22.5 Å². The van der Waals surface area contributed by atoms with Crippen molar-refractivity contribution < 1.29 is 0 Å². The molecule has 9 heteroatoms. The minimum absolute atomic E-state index is 0.0166. The Morgan fingerprint density at radius 1 is 0.885 bits per heavy atom. The Hall–Kier alpha value is -3.75. The highest BCUT2D eigenvalue weighted by molar-refractivity contribution is 5.88. The van der Waals surface area contributed by atoms with Crippen LogP contribution in [0, 0.1) is 0 Å². The highest BCUT2D eigenvalue weighted by Gasteiger charge is 2.15. The van der Waals surface area contributed by atoms with Crippen molar-refractivity contribution in [1.82, 2.24) is 23.7 Å². The number of hydrogen-bond donors (Lipinski definition) is 1. The maximum Gasteiger partial charge on any atom is 0.334 e. The third-order valence-corrected chi connectivity index (χ3v) is 4.31. The molecular formula is C17H13N5O4. The third kappa shape index (κ3) is 2.07. The average molecular weight is 351 g/mol. The van der Waals surface area contributed by atoms with Gasteiger partial charge in [0.25, 0.3) is 11.1 Å². The topological polar surface area (TPSA) is 112 Å². The van der Waals surface area contributed by atoms with Crippen molar-refractivity contribution in [3.05, 3.63) is 78.1 Å². The Morgan fingerprint density at radius 2 is 1.58 bits per heavy atom. The normalized spacial score (nSPS) is 11.3. The molecular weight excluding hydrogens is 338 g/mol. The summed E-state index contributed by atoms with van der Waals surface area (Å²) < 4.78 is 3.11. The zero-order valence-electron chi connectivity index (χ0n) is 13.9. The second-order valence-electron chi connectivity index (χ2n) is 5.87. The van der Waals surface area contributed by atoms with Gasteiger partial charge in [0.1, 0.15) is 5.65 Å². The van der Waals surface area contributed by atoms with Crippen LogP contribution in [0.2, 0.25) is 0 Å². The summed E-state index contributed by atoms with van der Waals surface area (Å²) in [6.07, 6.45) is 0. The zero-order chi connectivity index (χ0) is 18.6. The van der Waals surface area contributed by atoms with Crippen molar-refractivity contribution in [1.29, 1.82) is 0 Å². The number of nitrogens with zero attached hydrogens (tertiary/aromatic N) is 4. The molecule has 1 N–H and O–H groups in total. The summed E-state index contributed by atoms with van der Waals surface area (Å²) in [4.78, 5) is 56.5. The van der Waals surface area contributed by atoms with Gasteiger partial charge in [0.15, 0.2) is 5.65 Å². The number of H-pyrrole nitrogens is 1. The van der Waals surface area contributed by atoms with E-state index >= 15 is 0 Å². The van der Waals surface area contributed by atoms with Gasteiger partial charge in [0, 0.05) is 14.1 Å². The van der Waals surface area contributed by atoms with E-state index in [9.17, 15) is 19.2 Å². The van der Waals surface area contributed by atoms with Crippen LogP contribution >= 0.6 is 0 Å². The van der Waals surface area contributed by atoms with Crippen LogP contribution in [-0.4, -0.2) is 23.7 Å². The average Bonchev–Trinajstić information content (AvgIpc) is 2.64. The Balaban J connectivity index is 2.22. The molecule has 0 aliphatic rings. The maximum absolute atomic E-state index is 12.9. The number of aromatic amines is 1. The number of fused-ring (bicyclic) bond motifs is 2. The summed E-state index contributed by atoms with van der Waals surface area (Å²) in [5.74, 6) is 0. The number of para-hydroxylation sites is 1. The fourth-order valence-electron chi connectivity index (χ4n) is 2.94. The molecule has 26 heavy (non-hydrogen) atoms. The van der Waals surface area contributed by atoms with E-state index in [1.54, 1.807) is 30.3 Å². The number of aromatic nitrogens is 5. The predicted molar refractivity (Wildman–Crippen MR) is 95.9 cm³/mol. The van der Waals surface area contributed by atoms with Crippen LogP contribution in [-0.2, 0) is 14.1 Å². The molecule has 0 saturated carbocycles. The van der Waals surface area contributed by atoms with E-state index in [1.165, 1.54) is 24.7 Å². The molecule has 3 aromatic heterocycles. The number of benzene rings is 1. The first kappa shape index (κ1) is 15.8. The van der Waals surface area contributed by atoms with Crippen molar-refractivity contribution in [2.75, 3.05) is 0 Å². The first-order chi connectivity index (χ1) is 12.4. The molecule has 130 valence electrons. The van der Waals surface area contributed by atoms with Gasteiger partial charge in [-0.25, -0.2) is 19.1 Å². The van der Waals surface area contributed by atoms with Crippen LogP contribution in [0.1, 0.15) is 0 Å². The van der Waals surface area contributed by atoms with Gasteiger partial charge < -0.3 is 0 Å². The lowest BCUT2D eigenvalue weighted by molar-refractivity contribution is 0.708. The summed E-state index contributed by atoms with van der Waals surface area (Å²) in [7, 11) is 2.82. The van der Waals surface area contributed by atoms with Crippen molar-refractivity contribution in [2.45, 2.75) is 0 Å². The standard InChI is InChI=1S/C17H13N5O4/c1-20-13-11(14(23)21(2)17(20)26)8-10-12(18-13)19-16(25)22(15(10)24)9-6-4-3-5-7-9/h3-8H,1-2H3,(H,18,19,25). The van der Waals surface area contributed by atoms with Crippen LogP contribution in [0.3, 0.4) is 0 Å². The molecule has 0 unspecified atom stereocenters. The lowest BCUT2D eigenvalue weighted by Crippen LogP contribution is -2.38. The van der Waals surface area contributed by atoms with E-state index in [2.05, 4.69) is 9.97 Å². The molecule has 0 amide bonds. The van der Waals surface area contributed by atoms with Gasteiger partial charge >= 0.3 is 11.4 Å². The molecule has 9 nitrogen and oxygen atoms in total. The van der Waals surface area contributed by atoms with E-state index in [0.29, 0.717) is 5.69 Å². The number of hydrogen-bond acceptors (Lipinski definition) is 5. The molecule has 0 fully saturated rings. The Labute approximate surface area is 144 Å². The molecule has 0 aliphatic carbocycles. The second-order valence-corrected chi connectivity index (χ2v) is 5.87. The number of pyridine rings is 1. The summed E-state index contributed by atoms with van der Waals surface area (Å²) in [5.41, 5.74) is -1.85. The predicted octanol–water partition coefficient (Wildman–Crippen LogP) is -0.375. The molecule has 0 radical (unpaired) electrons.